The second-order valence-electron chi connectivity index (χ2n) is 8.69. The molecule has 5 nitrogen and oxygen atoms in total. The Bertz CT molecular complexity index is 1100. The van der Waals surface area contributed by atoms with Crippen molar-refractivity contribution in [3.63, 3.8) is 0 Å². The van der Waals surface area contributed by atoms with Crippen molar-refractivity contribution < 1.29 is 9.53 Å². The number of nitrogens with zero attached hydrogens (tertiary/aromatic N) is 2. The zero-order chi connectivity index (χ0) is 22.7. The lowest BCUT2D eigenvalue weighted by Crippen LogP contribution is -2.46. The van der Waals surface area contributed by atoms with Crippen molar-refractivity contribution >= 4 is 28.8 Å². The third kappa shape index (κ3) is 4.76. The molecule has 2 N–H and O–H groups in total. The third-order valence-electron chi connectivity index (χ3n) is 6.29. The fourth-order valence-electron chi connectivity index (χ4n) is 4.71. The molecule has 1 aromatic heterocycles. The van der Waals surface area contributed by atoms with Gasteiger partial charge in [0.15, 0.2) is 6.10 Å². The Morgan fingerprint density at radius 2 is 2.03 bits per heavy atom. The van der Waals surface area contributed by atoms with E-state index in [1.807, 2.05) is 36.2 Å². The molecule has 1 amide bonds. The van der Waals surface area contributed by atoms with Gasteiger partial charge in [-0.2, -0.15) is 0 Å². The molecule has 1 aliphatic heterocycles. The molecule has 0 radical (unpaired) electrons. The predicted octanol–water partition coefficient (Wildman–Crippen LogP) is 5.13. The number of hydrogen-bond donors (Lipinski definition) is 1. The minimum absolute atomic E-state index is 0.0362. The number of amides is 1. The first-order valence-electron chi connectivity index (χ1n) is 11.2. The van der Waals surface area contributed by atoms with Crippen molar-refractivity contribution in [2.75, 3.05) is 18.8 Å². The number of carbonyl (C=O) groups is 1. The Morgan fingerprint density at radius 1 is 1.25 bits per heavy atom. The van der Waals surface area contributed by atoms with Gasteiger partial charge in [-0.05, 0) is 80.0 Å². The summed E-state index contributed by atoms with van der Waals surface area (Å²) >= 11 is 1.36. The largest absolute Gasteiger partial charge is 0.481 e. The zero-order valence-electron chi connectivity index (χ0n) is 19.0. The second kappa shape index (κ2) is 9.92. The van der Waals surface area contributed by atoms with E-state index in [-0.39, 0.29) is 5.91 Å². The summed E-state index contributed by atoms with van der Waals surface area (Å²) in [5.74, 6) is 2.05. The number of carbonyl (C=O) groups excluding carboxylic acids is 1. The van der Waals surface area contributed by atoms with Crippen LogP contribution in [-0.2, 0) is 4.79 Å². The summed E-state index contributed by atoms with van der Waals surface area (Å²) in [5.41, 5.74) is 5.75. The molecule has 1 fully saturated rings. The molecule has 2 unspecified atom stereocenters. The molecule has 3 aromatic rings. The molecule has 0 saturated carbocycles. The lowest BCUT2D eigenvalue weighted by molar-refractivity contribution is -0.139. The summed E-state index contributed by atoms with van der Waals surface area (Å²) in [7, 11) is 0. The Kier molecular flexibility index (Phi) is 7.01. The molecule has 0 spiro atoms. The van der Waals surface area contributed by atoms with E-state index in [4.69, 9.17) is 9.88 Å². The van der Waals surface area contributed by atoms with Crippen LogP contribution < -0.4 is 9.88 Å². The van der Waals surface area contributed by atoms with Gasteiger partial charge in [0, 0.05) is 36.5 Å². The molecule has 2 heterocycles. The zero-order valence-corrected chi connectivity index (χ0v) is 19.8. The van der Waals surface area contributed by atoms with Crippen LogP contribution in [0.5, 0.6) is 5.75 Å². The number of aromatic nitrogens is 1. The molecule has 4 rings (SSSR count). The van der Waals surface area contributed by atoms with Crippen LogP contribution in [0, 0.1) is 19.8 Å². The summed E-state index contributed by atoms with van der Waals surface area (Å²) in [6.45, 7) is 7.65. The number of benzene rings is 2. The first kappa shape index (κ1) is 22.6. The predicted molar refractivity (Wildman–Crippen MR) is 133 cm³/mol. The number of pyridine rings is 1. The van der Waals surface area contributed by atoms with E-state index in [9.17, 15) is 4.79 Å². The maximum atomic E-state index is 13.0. The highest BCUT2D eigenvalue weighted by atomic mass is 32.2. The fraction of sp³-hybridized carbons (Fsp3) is 0.385. The number of hydrogen-bond acceptors (Lipinski definition) is 5. The maximum absolute atomic E-state index is 13.0. The van der Waals surface area contributed by atoms with Crippen LogP contribution in [0.2, 0.25) is 0 Å². The van der Waals surface area contributed by atoms with E-state index in [0.717, 1.165) is 42.6 Å². The van der Waals surface area contributed by atoms with Crippen LogP contribution in [0.1, 0.15) is 30.9 Å². The number of fused-ring (bicyclic) bond motifs is 1. The fourth-order valence-corrected chi connectivity index (χ4v) is 5.25. The van der Waals surface area contributed by atoms with Crippen molar-refractivity contribution in [1.82, 2.24) is 9.88 Å². The Balaban J connectivity index is 1.54. The van der Waals surface area contributed by atoms with Crippen molar-refractivity contribution in [2.45, 2.75) is 39.7 Å². The van der Waals surface area contributed by atoms with Gasteiger partial charge in [0.05, 0.1) is 5.52 Å². The van der Waals surface area contributed by atoms with Crippen LogP contribution in [0.3, 0.4) is 0 Å². The van der Waals surface area contributed by atoms with Crippen LogP contribution in [0.25, 0.3) is 22.0 Å². The van der Waals surface area contributed by atoms with Crippen molar-refractivity contribution in [3.05, 3.63) is 59.8 Å². The van der Waals surface area contributed by atoms with Crippen molar-refractivity contribution in [3.8, 4) is 16.9 Å². The van der Waals surface area contributed by atoms with Gasteiger partial charge < -0.3 is 9.64 Å². The van der Waals surface area contributed by atoms with Gasteiger partial charge in [0.25, 0.3) is 5.91 Å². The minimum Gasteiger partial charge on any atom is -0.481 e. The summed E-state index contributed by atoms with van der Waals surface area (Å²) in [6.07, 6.45) is 3.44. The smallest absolute Gasteiger partial charge is 0.263 e. The van der Waals surface area contributed by atoms with Crippen LogP contribution in [-0.4, -0.2) is 40.7 Å². The second-order valence-corrected chi connectivity index (χ2v) is 9.36. The van der Waals surface area contributed by atoms with E-state index in [1.165, 1.54) is 34.2 Å². The molecule has 0 bridgehead atoms. The molecular formula is C26H31N3O2S. The SMILES string of the molecule is Cc1cccc(C)c1-c1ccnc2cc(OC(C)C(=O)N3CCCC(CSN)C3)ccc12. The summed E-state index contributed by atoms with van der Waals surface area (Å²) in [4.78, 5) is 19.5. The average Bonchev–Trinajstić information content (AvgIpc) is 2.79. The van der Waals surface area contributed by atoms with Gasteiger partial charge in [-0.25, -0.2) is 0 Å². The molecule has 2 aromatic carbocycles. The Hall–Kier alpha value is -2.57. The quantitative estimate of drug-likeness (QED) is 0.528. The van der Waals surface area contributed by atoms with Crippen LogP contribution in [0.15, 0.2) is 48.7 Å². The normalized spacial score (nSPS) is 17.4. The standard InChI is InChI=1S/C26H31N3O2S/c1-17-6-4-7-18(2)25(17)23-11-12-28-24-14-21(9-10-22(23)24)31-19(3)26(30)29-13-5-8-20(15-29)16-32-27/h4,6-7,9-12,14,19-20H,5,8,13,15-16,27H2,1-3H3. The Morgan fingerprint density at radius 3 is 2.78 bits per heavy atom. The maximum Gasteiger partial charge on any atom is 0.263 e. The molecule has 1 saturated heterocycles. The van der Waals surface area contributed by atoms with Crippen molar-refractivity contribution in [2.24, 2.45) is 11.1 Å². The number of aryl methyl sites for hydroxylation is 2. The van der Waals surface area contributed by atoms with E-state index in [1.54, 1.807) is 0 Å². The van der Waals surface area contributed by atoms with E-state index in [0.29, 0.717) is 11.7 Å². The number of ether oxygens (including phenoxy) is 1. The molecule has 32 heavy (non-hydrogen) atoms. The highest BCUT2D eigenvalue weighted by molar-refractivity contribution is 7.97. The van der Waals surface area contributed by atoms with Gasteiger partial charge in [0.2, 0.25) is 0 Å². The molecule has 2 atom stereocenters. The number of nitrogens with two attached hydrogens (primary N) is 1. The van der Waals surface area contributed by atoms with Crippen LogP contribution >= 0.6 is 11.9 Å². The first-order chi connectivity index (χ1) is 15.5. The molecule has 0 aliphatic carbocycles. The number of piperidine rings is 1. The van der Waals surface area contributed by atoms with Crippen molar-refractivity contribution in [1.29, 1.82) is 0 Å². The first-order valence-corrected chi connectivity index (χ1v) is 12.2. The van der Waals surface area contributed by atoms with Crippen LogP contribution in [0.4, 0.5) is 0 Å². The van der Waals surface area contributed by atoms with Gasteiger partial charge in [-0.1, -0.05) is 30.1 Å². The Labute approximate surface area is 194 Å². The topological polar surface area (TPSA) is 68.5 Å². The lowest BCUT2D eigenvalue weighted by atomic mass is 9.93. The lowest BCUT2D eigenvalue weighted by Gasteiger charge is -2.34. The summed E-state index contributed by atoms with van der Waals surface area (Å²) in [5, 5.41) is 6.71. The third-order valence-corrected chi connectivity index (χ3v) is 6.95. The number of likely N-dealkylation sites (tertiary alicyclic amines) is 1. The monoisotopic (exact) mass is 449 g/mol. The highest BCUT2D eigenvalue weighted by Gasteiger charge is 2.27. The van der Waals surface area contributed by atoms with E-state index >= 15 is 0 Å². The van der Waals surface area contributed by atoms with Gasteiger partial charge in [0.1, 0.15) is 5.75 Å². The summed E-state index contributed by atoms with van der Waals surface area (Å²) < 4.78 is 6.06. The molecule has 168 valence electrons. The molecule has 1 aliphatic rings. The molecule has 6 heteroatoms. The summed E-state index contributed by atoms with van der Waals surface area (Å²) in [6, 6.07) is 14.3. The van der Waals surface area contributed by atoms with E-state index < -0.39 is 6.10 Å². The highest BCUT2D eigenvalue weighted by Crippen LogP contribution is 2.34. The van der Waals surface area contributed by atoms with Gasteiger partial charge in [-0.3, -0.25) is 14.9 Å². The van der Waals surface area contributed by atoms with Gasteiger partial charge >= 0.3 is 0 Å². The number of rotatable bonds is 6. The van der Waals surface area contributed by atoms with E-state index in [2.05, 4.69) is 43.1 Å². The van der Waals surface area contributed by atoms with Gasteiger partial charge in [-0.15, -0.1) is 0 Å². The average molecular weight is 450 g/mol. The minimum atomic E-state index is -0.543. The molecular weight excluding hydrogens is 418 g/mol.